The number of hydrogen-bond donors (Lipinski definition) is 2. The monoisotopic (exact) mass is 373 g/mol. The van der Waals surface area contributed by atoms with Gasteiger partial charge < -0.3 is 19.9 Å². The minimum absolute atomic E-state index is 0.0221. The fourth-order valence-electron chi connectivity index (χ4n) is 2.40. The van der Waals surface area contributed by atoms with Gasteiger partial charge in [-0.25, -0.2) is 4.99 Å². The first kappa shape index (κ1) is 20.7. The second-order valence-corrected chi connectivity index (χ2v) is 6.79. The first-order valence-corrected chi connectivity index (χ1v) is 9.56. The highest BCUT2D eigenvalue weighted by Crippen LogP contribution is 2.17. The molecule has 2 rings (SSSR count). The fourth-order valence-corrected chi connectivity index (χ4v) is 2.40. The number of nitrogens with zero attached hydrogens (tertiary/aromatic N) is 3. The number of nitrogens with one attached hydrogen (secondary N) is 2. The van der Waals surface area contributed by atoms with E-state index in [1.165, 1.54) is 0 Å². The lowest BCUT2D eigenvalue weighted by Crippen LogP contribution is -2.39. The zero-order valence-corrected chi connectivity index (χ0v) is 17.0. The number of ether oxygens (including phenoxy) is 1. The summed E-state index contributed by atoms with van der Waals surface area (Å²) in [6.07, 6.45) is 0.630. The molecule has 1 aromatic carbocycles. The molecule has 0 saturated heterocycles. The van der Waals surface area contributed by atoms with E-state index in [9.17, 15) is 0 Å². The van der Waals surface area contributed by atoms with Crippen LogP contribution in [0, 0.1) is 6.92 Å². The highest BCUT2D eigenvalue weighted by molar-refractivity contribution is 5.79. The summed E-state index contributed by atoms with van der Waals surface area (Å²) in [5, 5.41) is 10.5. The topological polar surface area (TPSA) is 84.6 Å². The number of para-hydroxylation sites is 1. The molecule has 148 valence electrons. The van der Waals surface area contributed by atoms with E-state index in [0.29, 0.717) is 25.4 Å². The molecular weight excluding hydrogens is 342 g/mol. The molecule has 0 aliphatic rings. The Morgan fingerprint density at radius 3 is 2.67 bits per heavy atom. The Morgan fingerprint density at radius 2 is 2.00 bits per heavy atom. The van der Waals surface area contributed by atoms with Gasteiger partial charge in [-0.05, 0) is 32.4 Å². The normalized spacial score (nSPS) is 12.9. The Kier molecular flexibility index (Phi) is 8.10. The molecular formula is C20H31N5O2. The summed E-state index contributed by atoms with van der Waals surface area (Å²) in [5.41, 5.74) is 1.12. The highest BCUT2D eigenvalue weighted by atomic mass is 16.5. The summed E-state index contributed by atoms with van der Waals surface area (Å²) in [4.78, 5) is 8.99. The number of guanidine groups is 1. The van der Waals surface area contributed by atoms with Crippen molar-refractivity contribution < 1.29 is 9.26 Å². The van der Waals surface area contributed by atoms with Crippen LogP contribution in [0.4, 0.5) is 0 Å². The van der Waals surface area contributed by atoms with E-state index in [2.05, 4.69) is 25.8 Å². The second-order valence-electron chi connectivity index (χ2n) is 6.79. The maximum Gasteiger partial charge on any atom is 0.228 e. The number of rotatable bonds is 9. The summed E-state index contributed by atoms with van der Waals surface area (Å²) in [5.74, 6) is 3.30. The van der Waals surface area contributed by atoms with Crippen LogP contribution in [0.1, 0.15) is 50.9 Å². The molecule has 7 nitrogen and oxygen atoms in total. The maximum atomic E-state index is 5.98. The number of hydrogen-bond acceptors (Lipinski definition) is 5. The predicted octanol–water partition coefficient (Wildman–Crippen LogP) is 3.07. The first-order chi connectivity index (χ1) is 13.0. The molecule has 0 aliphatic heterocycles. The zero-order valence-electron chi connectivity index (χ0n) is 17.0. The van der Waals surface area contributed by atoms with Crippen molar-refractivity contribution in [1.82, 2.24) is 20.8 Å². The average Bonchev–Trinajstić information content (AvgIpc) is 3.11. The van der Waals surface area contributed by atoms with E-state index in [0.717, 1.165) is 29.6 Å². The van der Waals surface area contributed by atoms with Crippen molar-refractivity contribution in [2.24, 2.45) is 4.99 Å². The third-order valence-electron chi connectivity index (χ3n) is 3.90. The van der Waals surface area contributed by atoms with Crippen LogP contribution >= 0.6 is 0 Å². The van der Waals surface area contributed by atoms with Crippen LogP contribution in [0.5, 0.6) is 5.75 Å². The quantitative estimate of drug-likeness (QED) is 0.519. The minimum atomic E-state index is -0.0221. The van der Waals surface area contributed by atoms with Crippen molar-refractivity contribution in [3.05, 3.63) is 41.5 Å². The summed E-state index contributed by atoms with van der Waals surface area (Å²) in [7, 11) is 0. The van der Waals surface area contributed by atoms with Gasteiger partial charge in [0, 0.05) is 25.4 Å². The number of aryl methyl sites for hydroxylation is 1. The molecule has 0 spiro atoms. The SMILES string of the molecule is CCNC(=NCC(C)Oc1ccccc1C)NCCc1nc(C(C)C)no1. The van der Waals surface area contributed by atoms with Crippen molar-refractivity contribution in [2.75, 3.05) is 19.6 Å². The van der Waals surface area contributed by atoms with E-state index in [4.69, 9.17) is 9.26 Å². The Bertz CT molecular complexity index is 727. The largest absolute Gasteiger partial charge is 0.489 e. The molecule has 2 N–H and O–H groups in total. The van der Waals surface area contributed by atoms with Gasteiger partial charge in [0.1, 0.15) is 11.9 Å². The molecule has 1 aromatic heterocycles. The van der Waals surface area contributed by atoms with E-state index in [1.807, 2.05) is 58.9 Å². The standard InChI is InChI=1S/C20H31N5O2/c1-6-21-20(22-12-11-18-24-19(14(2)3)25-27-18)23-13-16(5)26-17-10-8-7-9-15(17)4/h7-10,14,16H,6,11-13H2,1-5H3,(H2,21,22,23). The van der Waals surface area contributed by atoms with Crippen molar-refractivity contribution >= 4 is 5.96 Å². The van der Waals surface area contributed by atoms with Crippen LogP contribution in [-0.2, 0) is 6.42 Å². The molecule has 0 bridgehead atoms. The van der Waals surface area contributed by atoms with E-state index in [1.54, 1.807) is 0 Å². The molecule has 1 unspecified atom stereocenters. The number of aliphatic imine (C=N–C) groups is 1. The van der Waals surface area contributed by atoms with Crippen LogP contribution in [0.2, 0.25) is 0 Å². The minimum Gasteiger partial charge on any atom is -0.489 e. The molecule has 27 heavy (non-hydrogen) atoms. The average molecular weight is 374 g/mol. The van der Waals surface area contributed by atoms with Gasteiger partial charge in [0.25, 0.3) is 0 Å². The molecule has 0 saturated carbocycles. The molecule has 2 aromatic rings. The first-order valence-electron chi connectivity index (χ1n) is 9.56. The molecule has 1 heterocycles. The lowest BCUT2D eigenvalue weighted by molar-refractivity contribution is 0.228. The van der Waals surface area contributed by atoms with Crippen molar-refractivity contribution in [1.29, 1.82) is 0 Å². The molecule has 0 fully saturated rings. The van der Waals surface area contributed by atoms with Gasteiger partial charge in [0.05, 0.1) is 6.54 Å². The molecule has 0 radical (unpaired) electrons. The third-order valence-corrected chi connectivity index (χ3v) is 3.90. The molecule has 0 aliphatic carbocycles. The van der Waals surface area contributed by atoms with Crippen LogP contribution in [0.3, 0.4) is 0 Å². The number of aromatic nitrogens is 2. The van der Waals surface area contributed by atoms with Crippen LogP contribution in [-0.4, -0.2) is 41.8 Å². The Labute approximate surface area is 161 Å². The van der Waals surface area contributed by atoms with Gasteiger partial charge >= 0.3 is 0 Å². The fraction of sp³-hybridized carbons (Fsp3) is 0.550. The zero-order chi connectivity index (χ0) is 19.6. The van der Waals surface area contributed by atoms with E-state index >= 15 is 0 Å². The van der Waals surface area contributed by atoms with E-state index < -0.39 is 0 Å². The summed E-state index contributed by atoms with van der Waals surface area (Å²) in [6, 6.07) is 8.01. The van der Waals surface area contributed by atoms with Gasteiger partial charge in [-0.15, -0.1) is 0 Å². The Hall–Kier alpha value is -2.57. The number of benzene rings is 1. The van der Waals surface area contributed by atoms with Crippen LogP contribution in [0.15, 0.2) is 33.8 Å². The lowest BCUT2D eigenvalue weighted by atomic mass is 10.2. The Morgan fingerprint density at radius 1 is 1.22 bits per heavy atom. The third kappa shape index (κ3) is 6.92. The predicted molar refractivity (Wildman–Crippen MR) is 107 cm³/mol. The second kappa shape index (κ2) is 10.5. The highest BCUT2D eigenvalue weighted by Gasteiger charge is 2.10. The molecule has 1 atom stereocenters. The lowest BCUT2D eigenvalue weighted by Gasteiger charge is -2.16. The van der Waals surface area contributed by atoms with Gasteiger partial charge in [-0.2, -0.15) is 4.98 Å². The van der Waals surface area contributed by atoms with Gasteiger partial charge in [0.2, 0.25) is 5.89 Å². The van der Waals surface area contributed by atoms with Crippen LogP contribution in [0.25, 0.3) is 0 Å². The maximum absolute atomic E-state index is 5.98. The van der Waals surface area contributed by atoms with Crippen molar-refractivity contribution in [3.63, 3.8) is 0 Å². The van der Waals surface area contributed by atoms with Crippen molar-refractivity contribution in [2.45, 2.75) is 53.1 Å². The summed E-state index contributed by atoms with van der Waals surface area (Å²) >= 11 is 0. The smallest absolute Gasteiger partial charge is 0.228 e. The Balaban J connectivity index is 1.82. The van der Waals surface area contributed by atoms with Crippen molar-refractivity contribution in [3.8, 4) is 5.75 Å². The summed E-state index contributed by atoms with van der Waals surface area (Å²) < 4.78 is 11.2. The van der Waals surface area contributed by atoms with E-state index in [-0.39, 0.29) is 12.0 Å². The van der Waals surface area contributed by atoms with Gasteiger partial charge in [-0.1, -0.05) is 37.2 Å². The van der Waals surface area contributed by atoms with Gasteiger partial charge in [0.15, 0.2) is 11.8 Å². The molecule has 0 amide bonds. The molecule has 7 heteroatoms. The summed E-state index contributed by atoms with van der Waals surface area (Å²) in [6.45, 7) is 12.2. The van der Waals surface area contributed by atoms with Gasteiger partial charge in [-0.3, -0.25) is 0 Å². The van der Waals surface area contributed by atoms with Crippen LogP contribution < -0.4 is 15.4 Å².